The fraction of sp³-hybridized carbons (Fsp3) is 0.200. The lowest BCUT2D eigenvalue weighted by Crippen LogP contribution is -2.00. The number of halogens is 4. The van der Waals surface area contributed by atoms with Crippen molar-refractivity contribution in [2.24, 2.45) is 0 Å². The summed E-state index contributed by atoms with van der Waals surface area (Å²) in [5.74, 6) is 0.827. The number of hydrogen-bond donors (Lipinski definition) is 0. The van der Waals surface area contributed by atoms with Crippen molar-refractivity contribution in [2.75, 3.05) is 6.61 Å². The molecule has 2 aromatic rings. The Bertz CT molecular complexity index is 617. The zero-order valence-corrected chi connectivity index (χ0v) is 15.4. The SMILES string of the molecule is CCOc1ccc(Br)cc1C(Br)c1cc(Cl)ccc1Cl. The smallest absolute Gasteiger partial charge is 0.124 e. The Balaban J connectivity index is 2.49. The molecule has 106 valence electrons. The molecule has 0 fully saturated rings. The lowest BCUT2D eigenvalue weighted by Gasteiger charge is -2.17. The number of alkyl halides is 1. The van der Waals surface area contributed by atoms with Crippen LogP contribution in [-0.4, -0.2) is 6.61 Å². The van der Waals surface area contributed by atoms with E-state index >= 15 is 0 Å². The van der Waals surface area contributed by atoms with Crippen LogP contribution in [0.2, 0.25) is 10.0 Å². The molecule has 0 N–H and O–H groups in total. The summed E-state index contributed by atoms with van der Waals surface area (Å²) in [6.07, 6.45) is 0. The highest BCUT2D eigenvalue weighted by atomic mass is 79.9. The molecule has 0 bridgehead atoms. The molecule has 0 saturated heterocycles. The molecular formula is C15H12Br2Cl2O. The molecule has 0 amide bonds. The number of hydrogen-bond acceptors (Lipinski definition) is 1. The molecule has 0 heterocycles. The van der Waals surface area contributed by atoms with Crippen LogP contribution in [0, 0.1) is 0 Å². The molecule has 0 aliphatic rings. The summed E-state index contributed by atoms with van der Waals surface area (Å²) in [6.45, 7) is 2.57. The molecule has 0 aliphatic heterocycles. The first kappa shape index (κ1) is 16.2. The monoisotopic (exact) mass is 436 g/mol. The second-order valence-corrected chi connectivity index (χ2v) is 6.82. The van der Waals surface area contributed by atoms with Crippen LogP contribution < -0.4 is 4.74 Å². The van der Waals surface area contributed by atoms with E-state index in [1.165, 1.54) is 0 Å². The Morgan fingerprint density at radius 1 is 1.10 bits per heavy atom. The van der Waals surface area contributed by atoms with Crippen LogP contribution >= 0.6 is 55.1 Å². The summed E-state index contributed by atoms with van der Waals surface area (Å²) in [7, 11) is 0. The van der Waals surface area contributed by atoms with E-state index in [9.17, 15) is 0 Å². The minimum absolute atomic E-state index is 0.0900. The summed E-state index contributed by atoms with van der Waals surface area (Å²) in [6, 6.07) is 11.3. The van der Waals surface area contributed by atoms with E-state index in [-0.39, 0.29) is 4.83 Å². The van der Waals surface area contributed by atoms with Crippen LogP contribution in [0.4, 0.5) is 0 Å². The average molecular weight is 439 g/mol. The zero-order chi connectivity index (χ0) is 14.7. The highest BCUT2D eigenvalue weighted by Gasteiger charge is 2.19. The summed E-state index contributed by atoms with van der Waals surface area (Å²) in [4.78, 5) is -0.0900. The first-order valence-corrected chi connectivity index (χ1v) is 8.50. The van der Waals surface area contributed by atoms with Crippen molar-refractivity contribution in [3.05, 3.63) is 62.0 Å². The number of rotatable bonds is 4. The number of benzene rings is 2. The van der Waals surface area contributed by atoms with Crippen molar-refractivity contribution < 1.29 is 4.74 Å². The van der Waals surface area contributed by atoms with Gasteiger partial charge in [-0.3, -0.25) is 0 Å². The van der Waals surface area contributed by atoms with Gasteiger partial charge in [-0.1, -0.05) is 55.1 Å². The second kappa shape index (κ2) is 7.17. The summed E-state index contributed by atoms with van der Waals surface area (Å²) < 4.78 is 6.66. The molecule has 2 rings (SSSR count). The third-order valence-corrected chi connectivity index (χ3v) is 4.83. The van der Waals surface area contributed by atoms with Crippen molar-refractivity contribution in [1.82, 2.24) is 0 Å². The van der Waals surface area contributed by atoms with Gasteiger partial charge in [0.1, 0.15) is 5.75 Å². The van der Waals surface area contributed by atoms with Gasteiger partial charge in [-0.05, 0) is 48.9 Å². The number of ether oxygens (including phenoxy) is 1. The van der Waals surface area contributed by atoms with Crippen molar-refractivity contribution >= 4 is 55.1 Å². The summed E-state index contributed by atoms with van der Waals surface area (Å²) in [5.41, 5.74) is 1.92. The van der Waals surface area contributed by atoms with Gasteiger partial charge < -0.3 is 4.74 Å². The van der Waals surface area contributed by atoms with Crippen LogP contribution in [0.5, 0.6) is 5.75 Å². The minimum Gasteiger partial charge on any atom is -0.494 e. The maximum atomic E-state index is 6.27. The van der Waals surface area contributed by atoms with Crippen LogP contribution in [0.25, 0.3) is 0 Å². The highest BCUT2D eigenvalue weighted by molar-refractivity contribution is 9.10. The van der Waals surface area contributed by atoms with Gasteiger partial charge in [0.2, 0.25) is 0 Å². The molecule has 0 aromatic heterocycles. The van der Waals surface area contributed by atoms with Crippen molar-refractivity contribution in [3.8, 4) is 5.75 Å². The maximum absolute atomic E-state index is 6.27. The van der Waals surface area contributed by atoms with Gasteiger partial charge in [0.25, 0.3) is 0 Å². The molecule has 0 saturated carbocycles. The predicted molar refractivity (Wildman–Crippen MR) is 92.5 cm³/mol. The zero-order valence-electron chi connectivity index (χ0n) is 10.7. The Kier molecular flexibility index (Phi) is 5.79. The van der Waals surface area contributed by atoms with Crippen molar-refractivity contribution in [2.45, 2.75) is 11.8 Å². The lowest BCUT2D eigenvalue weighted by molar-refractivity contribution is 0.337. The molecule has 20 heavy (non-hydrogen) atoms. The average Bonchev–Trinajstić information content (AvgIpc) is 2.43. The first-order valence-electron chi connectivity index (χ1n) is 6.04. The molecule has 0 radical (unpaired) electrons. The molecule has 1 atom stereocenters. The minimum atomic E-state index is -0.0900. The van der Waals surface area contributed by atoms with Gasteiger partial charge in [-0.15, -0.1) is 0 Å². The second-order valence-electron chi connectivity index (χ2n) is 4.14. The highest BCUT2D eigenvalue weighted by Crippen LogP contribution is 2.41. The largest absolute Gasteiger partial charge is 0.494 e. The van der Waals surface area contributed by atoms with Crippen LogP contribution in [-0.2, 0) is 0 Å². The molecular weight excluding hydrogens is 427 g/mol. The maximum Gasteiger partial charge on any atom is 0.124 e. The van der Waals surface area contributed by atoms with E-state index in [0.717, 1.165) is 21.3 Å². The van der Waals surface area contributed by atoms with E-state index in [1.807, 2.05) is 31.2 Å². The molecule has 5 heteroatoms. The van der Waals surface area contributed by atoms with Gasteiger partial charge in [-0.25, -0.2) is 0 Å². The summed E-state index contributed by atoms with van der Waals surface area (Å²) >= 11 is 19.5. The van der Waals surface area contributed by atoms with Crippen LogP contribution in [0.3, 0.4) is 0 Å². The van der Waals surface area contributed by atoms with E-state index in [1.54, 1.807) is 12.1 Å². The summed E-state index contributed by atoms with van der Waals surface area (Å²) in [5, 5.41) is 1.32. The fourth-order valence-corrected chi connectivity index (χ4v) is 3.54. The Hall–Kier alpha value is -0.220. The van der Waals surface area contributed by atoms with E-state index in [4.69, 9.17) is 27.9 Å². The van der Waals surface area contributed by atoms with Crippen molar-refractivity contribution in [1.29, 1.82) is 0 Å². The third-order valence-electron chi connectivity index (χ3n) is 2.78. The van der Waals surface area contributed by atoms with Gasteiger partial charge in [-0.2, -0.15) is 0 Å². The van der Waals surface area contributed by atoms with Crippen LogP contribution in [0.1, 0.15) is 22.9 Å². The van der Waals surface area contributed by atoms with Crippen LogP contribution in [0.15, 0.2) is 40.9 Å². The quantitative estimate of drug-likeness (QED) is 0.486. The fourth-order valence-electron chi connectivity index (χ4n) is 1.88. The Morgan fingerprint density at radius 2 is 1.85 bits per heavy atom. The molecule has 1 unspecified atom stereocenters. The van der Waals surface area contributed by atoms with Gasteiger partial charge in [0.15, 0.2) is 0 Å². The standard InChI is InChI=1S/C15H12Br2Cl2O/c1-2-20-14-6-3-9(16)7-12(14)15(17)11-8-10(18)4-5-13(11)19/h3-8,15H,2H2,1H3. The first-order chi connectivity index (χ1) is 9.52. The van der Waals surface area contributed by atoms with E-state index in [2.05, 4.69) is 31.9 Å². The topological polar surface area (TPSA) is 9.23 Å². The molecule has 0 spiro atoms. The van der Waals surface area contributed by atoms with Crippen molar-refractivity contribution in [3.63, 3.8) is 0 Å². The Morgan fingerprint density at radius 3 is 2.55 bits per heavy atom. The molecule has 2 aromatic carbocycles. The molecule has 1 nitrogen and oxygen atoms in total. The van der Waals surface area contributed by atoms with Gasteiger partial charge in [0, 0.05) is 20.1 Å². The normalized spacial score (nSPS) is 12.2. The predicted octanol–water partition coefficient (Wildman–Crippen LogP) is 6.64. The Labute approximate surface area is 145 Å². The van der Waals surface area contributed by atoms with E-state index in [0.29, 0.717) is 16.7 Å². The van der Waals surface area contributed by atoms with Gasteiger partial charge >= 0.3 is 0 Å². The van der Waals surface area contributed by atoms with E-state index < -0.39 is 0 Å². The molecule has 0 aliphatic carbocycles. The van der Waals surface area contributed by atoms with Gasteiger partial charge in [0.05, 0.1) is 11.4 Å². The third kappa shape index (κ3) is 3.70. The lowest BCUT2D eigenvalue weighted by atomic mass is 10.0.